The van der Waals surface area contributed by atoms with E-state index in [1.165, 1.54) is 23.5 Å². The number of allylic oxidation sites excluding steroid dienone is 1. The summed E-state index contributed by atoms with van der Waals surface area (Å²) in [6, 6.07) is 13.8. The fourth-order valence-corrected chi connectivity index (χ4v) is 3.31. The first kappa shape index (κ1) is 18.6. The molecule has 1 N–H and O–H groups in total. The number of rotatable bonds is 5. The maximum Gasteiger partial charge on any atom is 0.269 e. The van der Waals surface area contributed by atoms with E-state index in [4.69, 9.17) is 11.6 Å². The summed E-state index contributed by atoms with van der Waals surface area (Å²) >= 11 is 7.43. The zero-order chi connectivity index (χ0) is 19.4. The van der Waals surface area contributed by atoms with Gasteiger partial charge in [0.05, 0.1) is 10.6 Å². The van der Waals surface area contributed by atoms with E-state index in [2.05, 4.69) is 16.4 Å². The number of thiazole rings is 1. The molecule has 0 aliphatic heterocycles. The van der Waals surface area contributed by atoms with E-state index < -0.39 is 4.92 Å². The fourth-order valence-electron chi connectivity index (χ4n) is 2.34. The molecule has 1 heterocycles. The second-order valence-electron chi connectivity index (χ2n) is 5.57. The highest BCUT2D eigenvalue weighted by Gasteiger charge is 2.11. The van der Waals surface area contributed by atoms with Crippen molar-refractivity contribution < 1.29 is 4.92 Å². The molecule has 0 radical (unpaired) electrons. The lowest BCUT2D eigenvalue weighted by atomic mass is 10.1. The first-order valence-electron chi connectivity index (χ1n) is 7.82. The molecular formula is C19H13ClN4O2S. The van der Waals surface area contributed by atoms with Gasteiger partial charge in [-0.2, -0.15) is 5.26 Å². The summed E-state index contributed by atoms with van der Waals surface area (Å²) in [5.41, 5.74) is 3.50. The van der Waals surface area contributed by atoms with Gasteiger partial charge in [-0.05, 0) is 36.8 Å². The molecule has 0 atom stereocenters. The number of nitrogens with one attached hydrogen (secondary N) is 1. The molecule has 0 amide bonds. The molecule has 0 spiro atoms. The standard InChI is InChI=1S/C19H13ClN4O2S/c1-12-16(20)3-2-4-17(12)22-10-14(9-21)19-23-18(11-27-19)13-5-7-15(8-6-13)24(25)26/h2-8,10-11,22H,1H3. The average Bonchev–Trinajstić information content (AvgIpc) is 3.15. The minimum atomic E-state index is -0.448. The maximum atomic E-state index is 10.7. The van der Waals surface area contributed by atoms with Crippen LogP contribution in [0.3, 0.4) is 0 Å². The first-order chi connectivity index (χ1) is 13.0. The Kier molecular flexibility index (Phi) is 5.50. The van der Waals surface area contributed by atoms with Gasteiger partial charge in [0, 0.05) is 40.0 Å². The van der Waals surface area contributed by atoms with Crippen molar-refractivity contribution in [2.45, 2.75) is 6.92 Å². The van der Waals surface area contributed by atoms with Crippen LogP contribution in [0.2, 0.25) is 5.02 Å². The molecule has 0 fully saturated rings. The second kappa shape index (κ2) is 7.99. The van der Waals surface area contributed by atoms with E-state index >= 15 is 0 Å². The van der Waals surface area contributed by atoms with Crippen LogP contribution in [0.25, 0.3) is 16.8 Å². The number of aromatic nitrogens is 1. The van der Waals surface area contributed by atoms with Crippen molar-refractivity contribution in [3.05, 3.63) is 79.8 Å². The minimum Gasteiger partial charge on any atom is -0.360 e. The van der Waals surface area contributed by atoms with Crippen molar-refractivity contribution in [2.75, 3.05) is 5.32 Å². The van der Waals surface area contributed by atoms with Gasteiger partial charge in [0.15, 0.2) is 0 Å². The molecule has 3 aromatic rings. The average molecular weight is 397 g/mol. The fraction of sp³-hybridized carbons (Fsp3) is 0.0526. The number of anilines is 1. The Morgan fingerprint density at radius 3 is 2.74 bits per heavy atom. The summed E-state index contributed by atoms with van der Waals surface area (Å²) in [5, 5.41) is 26.3. The quantitative estimate of drug-likeness (QED) is 0.341. The molecule has 0 aliphatic rings. The topological polar surface area (TPSA) is 91.8 Å². The summed E-state index contributed by atoms with van der Waals surface area (Å²) < 4.78 is 0. The summed E-state index contributed by atoms with van der Waals surface area (Å²) in [6.45, 7) is 1.89. The van der Waals surface area contributed by atoms with E-state index in [0.29, 0.717) is 21.3 Å². The van der Waals surface area contributed by atoms with Gasteiger partial charge < -0.3 is 5.32 Å². The number of non-ortho nitro benzene ring substituents is 1. The molecule has 0 bridgehead atoms. The van der Waals surface area contributed by atoms with Crippen molar-refractivity contribution >= 4 is 39.9 Å². The number of nitro groups is 1. The Hall–Kier alpha value is -3.21. The number of halogens is 1. The summed E-state index contributed by atoms with van der Waals surface area (Å²) in [5.74, 6) is 0. The third kappa shape index (κ3) is 4.14. The molecule has 6 nitrogen and oxygen atoms in total. The number of hydrogen-bond donors (Lipinski definition) is 1. The number of nitriles is 1. The first-order valence-corrected chi connectivity index (χ1v) is 9.08. The van der Waals surface area contributed by atoms with Crippen LogP contribution in [-0.4, -0.2) is 9.91 Å². The maximum absolute atomic E-state index is 10.7. The van der Waals surface area contributed by atoms with Crippen LogP contribution in [0.5, 0.6) is 0 Å². The van der Waals surface area contributed by atoms with Gasteiger partial charge in [-0.1, -0.05) is 17.7 Å². The highest BCUT2D eigenvalue weighted by Crippen LogP contribution is 2.28. The van der Waals surface area contributed by atoms with Gasteiger partial charge in [0.25, 0.3) is 5.69 Å². The van der Waals surface area contributed by atoms with E-state index in [-0.39, 0.29) is 5.69 Å². The van der Waals surface area contributed by atoms with E-state index in [1.807, 2.05) is 24.4 Å². The number of nitrogens with zero attached hydrogens (tertiary/aromatic N) is 3. The lowest BCUT2D eigenvalue weighted by molar-refractivity contribution is -0.384. The molecule has 0 saturated heterocycles. The minimum absolute atomic E-state index is 0.0212. The van der Waals surface area contributed by atoms with Gasteiger partial charge >= 0.3 is 0 Å². The Labute approximate surface area is 164 Å². The third-order valence-corrected chi connectivity index (χ3v) is 5.15. The number of benzene rings is 2. The Balaban J connectivity index is 1.84. The smallest absolute Gasteiger partial charge is 0.269 e. The molecule has 1 aromatic heterocycles. The summed E-state index contributed by atoms with van der Waals surface area (Å²) in [7, 11) is 0. The molecule has 2 aromatic carbocycles. The van der Waals surface area contributed by atoms with E-state index in [9.17, 15) is 15.4 Å². The van der Waals surface area contributed by atoms with Gasteiger partial charge in [0.1, 0.15) is 16.6 Å². The highest BCUT2D eigenvalue weighted by atomic mass is 35.5. The molecule has 8 heteroatoms. The number of nitro benzene ring substituents is 1. The van der Waals surface area contributed by atoms with Crippen LogP contribution in [0.1, 0.15) is 10.6 Å². The van der Waals surface area contributed by atoms with Gasteiger partial charge in [-0.15, -0.1) is 11.3 Å². The van der Waals surface area contributed by atoms with Crippen LogP contribution in [0, 0.1) is 28.4 Å². The normalized spacial score (nSPS) is 11.1. The molecule has 27 heavy (non-hydrogen) atoms. The van der Waals surface area contributed by atoms with Crippen molar-refractivity contribution in [3.63, 3.8) is 0 Å². The largest absolute Gasteiger partial charge is 0.360 e. The van der Waals surface area contributed by atoms with Gasteiger partial charge in [-0.3, -0.25) is 10.1 Å². The molecular weight excluding hydrogens is 384 g/mol. The molecule has 0 aliphatic carbocycles. The summed E-state index contributed by atoms with van der Waals surface area (Å²) in [4.78, 5) is 14.8. The van der Waals surface area contributed by atoms with Crippen molar-refractivity contribution in [2.24, 2.45) is 0 Å². The summed E-state index contributed by atoms with van der Waals surface area (Å²) in [6.07, 6.45) is 1.59. The predicted molar refractivity (Wildman–Crippen MR) is 108 cm³/mol. The Morgan fingerprint density at radius 2 is 2.07 bits per heavy atom. The van der Waals surface area contributed by atoms with Crippen LogP contribution < -0.4 is 5.32 Å². The van der Waals surface area contributed by atoms with Crippen LogP contribution in [-0.2, 0) is 0 Å². The van der Waals surface area contributed by atoms with E-state index in [1.54, 1.807) is 24.4 Å². The third-order valence-electron chi connectivity index (χ3n) is 3.87. The molecule has 134 valence electrons. The monoisotopic (exact) mass is 396 g/mol. The highest BCUT2D eigenvalue weighted by molar-refractivity contribution is 7.11. The lowest BCUT2D eigenvalue weighted by Gasteiger charge is -2.07. The second-order valence-corrected chi connectivity index (χ2v) is 6.83. The zero-order valence-electron chi connectivity index (χ0n) is 14.1. The Morgan fingerprint density at radius 1 is 1.33 bits per heavy atom. The van der Waals surface area contributed by atoms with Crippen LogP contribution >= 0.6 is 22.9 Å². The van der Waals surface area contributed by atoms with Crippen molar-refractivity contribution in [3.8, 4) is 17.3 Å². The Bertz CT molecular complexity index is 1070. The lowest BCUT2D eigenvalue weighted by Crippen LogP contribution is -1.94. The van der Waals surface area contributed by atoms with Crippen LogP contribution in [0.4, 0.5) is 11.4 Å². The van der Waals surface area contributed by atoms with Gasteiger partial charge in [0.2, 0.25) is 0 Å². The predicted octanol–water partition coefficient (Wildman–Crippen LogP) is 5.66. The van der Waals surface area contributed by atoms with E-state index in [0.717, 1.165) is 16.8 Å². The number of hydrogen-bond acceptors (Lipinski definition) is 6. The molecule has 0 unspecified atom stereocenters. The van der Waals surface area contributed by atoms with Crippen molar-refractivity contribution in [1.82, 2.24) is 4.98 Å². The molecule has 0 saturated carbocycles. The SMILES string of the molecule is Cc1c(Cl)cccc1NC=C(C#N)c1nc(-c2ccc([N+](=O)[O-])cc2)cs1. The van der Waals surface area contributed by atoms with Gasteiger partial charge in [-0.25, -0.2) is 4.98 Å². The zero-order valence-corrected chi connectivity index (χ0v) is 15.7. The molecule has 3 rings (SSSR count). The van der Waals surface area contributed by atoms with Crippen LogP contribution in [0.15, 0.2) is 54.0 Å². The van der Waals surface area contributed by atoms with Crippen molar-refractivity contribution in [1.29, 1.82) is 5.26 Å².